The van der Waals surface area contributed by atoms with Crippen LogP contribution in [0, 0.1) is 0 Å². The molecule has 1 aromatic rings. The number of aromatic hydroxyl groups is 1. The summed E-state index contributed by atoms with van der Waals surface area (Å²) in [5, 5.41) is 11.9. The molecular formula is C10H13NO3. The van der Waals surface area contributed by atoms with E-state index >= 15 is 0 Å². The van der Waals surface area contributed by atoms with Gasteiger partial charge in [0.05, 0.1) is 7.11 Å². The first kappa shape index (κ1) is 10.4. The molecular weight excluding hydrogens is 182 g/mol. The van der Waals surface area contributed by atoms with Gasteiger partial charge in [0, 0.05) is 19.0 Å². The highest BCUT2D eigenvalue weighted by Crippen LogP contribution is 2.22. The lowest BCUT2D eigenvalue weighted by Crippen LogP contribution is -2.19. The van der Waals surface area contributed by atoms with E-state index in [1.807, 2.05) is 0 Å². The van der Waals surface area contributed by atoms with E-state index < -0.39 is 0 Å². The summed E-state index contributed by atoms with van der Waals surface area (Å²) in [5.41, 5.74) is 0.753. The second-order valence-corrected chi connectivity index (χ2v) is 2.91. The fourth-order valence-corrected chi connectivity index (χ4v) is 1.12. The zero-order chi connectivity index (χ0) is 10.6. The van der Waals surface area contributed by atoms with Crippen molar-refractivity contribution in [1.82, 2.24) is 5.32 Å². The number of carbonyl (C=O) groups excluding carboxylic acids is 1. The summed E-state index contributed by atoms with van der Waals surface area (Å²) in [5.74, 6) is 0.693. The van der Waals surface area contributed by atoms with Crippen molar-refractivity contribution < 1.29 is 14.6 Å². The van der Waals surface area contributed by atoms with E-state index in [9.17, 15) is 9.90 Å². The predicted octanol–water partition coefficient (Wildman–Crippen LogP) is 1.04. The quantitative estimate of drug-likeness (QED) is 0.757. The Kier molecular flexibility index (Phi) is 3.34. The molecule has 0 saturated carbocycles. The third-order valence-corrected chi connectivity index (χ3v) is 1.79. The van der Waals surface area contributed by atoms with Crippen LogP contribution in [-0.4, -0.2) is 18.1 Å². The Morgan fingerprint density at radius 2 is 2.29 bits per heavy atom. The first-order valence-electron chi connectivity index (χ1n) is 4.24. The Bertz CT molecular complexity index is 336. The van der Waals surface area contributed by atoms with Crippen LogP contribution >= 0.6 is 0 Å². The minimum atomic E-state index is -0.115. The van der Waals surface area contributed by atoms with Gasteiger partial charge in [-0.05, 0) is 18.2 Å². The van der Waals surface area contributed by atoms with Crippen molar-refractivity contribution in [3.05, 3.63) is 23.8 Å². The summed E-state index contributed by atoms with van der Waals surface area (Å²) in [4.78, 5) is 10.7. The number of hydrogen-bond acceptors (Lipinski definition) is 3. The highest BCUT2D eigenvalue weighted by atomic mass is 16.5. The second-order valence-electron chi connectivity index (χ2n) is 2.91. The van der Waals surface area contributed by atoms with Crippen LogP contribution in [0.5, 0.6) is 11.5 Å². The summed E-state index contributed by atoms with van der Waals surface area (Å²) < 4.78 is 5.07. The molecule has 1 amide bonds. The van der Waals surface area contributed by atoms with Gasteiger partial charge in [-0.3, -0.25) is 4.79 Å². The normalized spacial score (nSPS) is 9.57. The number of nitrogens with one attached hydrogen (secondary N) is 1. The van der Waals surface area contributed by atoms with Gasteiger partial charge in [0.15, 0.2) is 0 Å². The van der Waals surface area contributed by atoms with Gasteiger partial charge in [0.2, 0.25) is 5.91 Å². The molecule has 4 nitrogen and oxygen atoms in total. The molecule has 0 aliphatic rings. The van der Waals surface area contributed by atoms with Crippen LogP contribution in [-0.2, 0) is 11.3 Å². The molecule has 1 rings (SSSR count). The average Bonchev–Trinajstić information content (AvgIpc) is 2.15. The maximum absolute atomic E-state index is 10.7. The molecule has 14 heavy (non-hydrogen) atoms. The maximum atomic E-state index is 10.7. The maximum Gasteiger partial charge on any atom is 0.217 e. The van der Waals surface area contributed by atoms with E-state index in [4.69, 9.17) is 4.74 Å². The number of methoxy groups -OCH3 is 1. The predicted molar refractivity (Wildman–Crippen MR) is 52.2 cm³/mol. The minimum absolute atomic E-state index is 0.115. The third kappa shape index (κ3) is 2.65. The van der Waals surface area contributed by atoms with Gasteiger partial charge in [-0.25, -0.2) is 0 Å². The molecule has 0 fully saturated rings. The zero-order valence-corrected chi connectivity index (χ0v) is 8.20. The molecule has 0 aliphatic carbocycles. The Hall–Kier alpha value is -1.71. The average molecular weight is 195 g/mol. The van der Waals surface area contributed by atoms with Crippen molar-refractivity contribution in [2.75, 3.05) is 7.11 Å². The highest BCUT2D eigenvalue weighted by Gasteiger charge is 2.04. The fourth-order valence-electron chi connectivity index (χ4n) is 1.12. The number of hydrogen-bond donors (Lipinski definition) is 2. The highest BCUT2D eigenvalue weighted by molar-refractivity contribution is 5.72. The fraction of sp³-hybridized carbons (Fsp3) is 0.300. The molecule has 0 bridgehead atoms. The van der Waals surface area contributed by atoms with Gasteiger partial charge in [0.25, 0.3) is 0 Å². The molecule has 2 N–H and O–H groups in total. The summed E-state index contributed by atoms with van der Waals surface area (Å²) in [7, 11) is 1.55. The van der Waals surface area contributed by atoms with Crippen LogP contribution in [0.1, 0.15) is 12.5 Å². The number of amides is 1. The Labute approximate surface area is 82.5 Å². The monoisotopic (exact) mass is 195 g/mol. The molecule has 1 aromatic carbocycles. The van der Waals surface area contributed by atoms with Crippen LogP contribution in [0.15, 0.2) is 18.2 Å². The molecule has 0 aromatic heterocycles. The summed E-state index contributed by atoms with van der Waals surface area (Å²) >= 11 is 0. The smallest absolute Gasteiger partial charge is 0.217 e. The van der Waals surface area contributed by atoms with Crippen molar-refractivity contribution in [1.29, 1.82) is 0 Å². The number of benzene rings is 1. The Morgan fingerprint density at radius 3 is 2.86 bits per heavy atom. The lowest BCUT2D eigenvalue weighted by molar-refractivity contribution is -0.119. The molecule has 0 unspecified atom stereocenters. The van der Waals surface area contributed by atoms with E-state index in [2.05, 4.69) is 5.32 Å². The molecule has 4 heteroatoms. The first-order chi connectivity index (χ1) is 6.63. The topological polar surface area (TPSA) is 58.6 Å². The van der Waals surface area contributed by atoms with Crippen molar-refractivity contribution >= 4 is 5.91 Å². The van der Waals surface area contributed by atoms with E-state index in [0.717, 1.165) is 5.56 Å². The Morgan fingerprint density at radius 1 is 1.57 bits per heavy atom. The van der Waals surface area contributed by atoms with Gasteiger partial charge in [-0.1, -0.05) is 0 Å². The van der Waals surface area contributed by atoms with E-state index in [1.165, 1.54) is 13.0 Å². The van der Waals surface area contributed by atoms with Crippen molar-refractivity contribution in [3.63, 3.8) is 0 Å². The van der Waals surface area contributed by atoms with Crippen LogP contribution in [0.4, 0.5) is 0 Å². The number of rotatable bonds is 3. The van der Waals surface area contributed by atoms with Gasteiger partial charge in [-0.2, -0.15) is 0 Å². The number of phenols is 1. The number of carbonyl (C=O) groups is 1. The summed E-state index contributed by atoms with van der Waals surface area (Å²) in [6.07, 6.45) is 0. The van der Waals surface area contributed by atoms with Crippen LogP contribution < -0.4 is 10.1 Å². The SMILES string of the molecule is COc1ccc(O)cc1CNC(C)=O. The van der Waals surface area contributed by atoms with Crippen LogP contribution in [0.2, 0.25) is 0 Å². The van der Waals surface area contributed by atoms with Gasteiger partial charge >= 0.3 is 0 Å². The molecule has 0 radical (unpaired) electrons. The summed E-state index contributed by atoms with van der Waals surface area (Å²) in [6, 6.07) is 4.76. The minimum Gasteiger partial charge on any atom is -0.508 e. The van der Waals surface area contributed by atoms with E-state index in [0.29, 0.717) is 12.3 Å². The lowest BCUT2D eigenvalue weighted by Gasteiger charge is -2.08. The molecule has 0 atom stereocenters. The first-order valence-corrected chi connectivity index (χ1v) is 4.24. The second kappa shape index (κ2) is 4.50. The van der Waals surface area contributed by atoms with Crippen LogP contribution in [0.3, 0.4) is 0 Å². The molecule has 0 spiro atoms. The van der Waals surface area contributed by atoms with E-state index in [-0.39, 0.29) is 11.7 Å². The third-order valence-electron chi connectivity index (χ3n) is 1.79. The number of ether oxygens (including phenoxy) is 1. The molecule has 76 valence electrons. The standard InChI is InChI=1S/C10H13NO3/c1-7(12)11-6-8-5-9(13)3-4-10(8)14-2/h3-5,13H,6H2,1-2H3,(H,11,12). The molecule has 0 aliphatic heterocycles. The van der Waals surface area contributed by atoms with Gasteiger partial charge in [0.1, 0.15) is 11.5 Å². The zero-order valence-electron chi connectivity index (χ0n) is 8.20. The van der Waals surface area contributed by atoms with Crippen molar-refractivity contribution in [2.24, 2.45) is 0 Å². The molecule has 0 saturated heterocycles. The Balaban J connectivity index is 2.82. The number of phenolic OH excluding ortho intramolecular Hbond substituents is 1. The summed E-state index contributed by atoms with van der Waals surface area (Å²) in [6.45, 7) is 1.79. The largest absolute Gasteiger partial charge is 0.508 e. The van der Waals surface area contributed by atoms with Gasteiger partial charge in [-0.15, -0.1) is 0 Å². The van der Waals surface area contributed by atoms with Crippen molar-refractivity contribution in [3.8, 4) is 11.5 Å². The van der Waals surface area contributed by atoms with Crippen molar-refractivity contribution in [2.45, 2.75) is 13.5 Å². The lowest BCUT2D eigenvalue weighted by atomic mass is 10.2. The molecule has 0 heterocycles. The van der Waals surface area contributed by atoms with E-state index in [1.54, 1.807) is 19.2 Å². The van der Waals surface area contributed by atoms with Crippen LogP contribution in [0.25, 0.3) is 0 Å². The van der Waals surface area contributed by atoms with Gasteiger partial charge < -0.3 is 15.2 Å².